The standard InChI is InChI=1S/C20H20ClF3N4O2.C2H6/c1-10(18-27-15-9-26-16(21)8-13(15)19(29)28-18)6-7-30-17-12(11(2)25)4-3-5-14(17)20(22,23)24;1-2/h3-5,8-11H,6-7,25H2,1-2H3,(H,27,28,29);1-2H3. The zero-order valence-corrected chi connectivity index (χ0v) is 19.0. The number of hydrogen-bond donors (Lipinski definition) is 2. The highest BCUT2D eigenvalue weighted by Gasteiger charge is 2.35. The van der Waals surface area contributed by atoms with Gasteiger partial charge in [-0.05, 0) is 25.5 Å². The number of hydrogen-bond acceptors (Lipinski definition) is 5. The fourth-order valence-electron chi connectivity index (χ4n) is 3.04. The number of para-hydroxylation sites is 1. The number of aromatic nitrogens is 3. The van der Waals surface area contributed by atoms with Gasteiger partial charge in [-0.15, -0.1) is 0 Å². The number of nitrogens with one attached hydrogen (secondary N) is 1. The van der Waals surface area contributed by atoms with Crippen LogP contribution in [-0.2, 0) is 6.18 Å². The number of fused-ring (bicyclic) bond motifs is 1. The van der Waals surface area contributed by atoms with Gasteiger partial charge >= 0.3 is 6.18 Å². The van der Waals surface area contributed by atoms with Crippen LogP contribution in [0.5, 0.6) is 5.75 Å². The largest absolute Gasteiger partial charge is 0.493 e. The van der Waals surface area contributed by atoms with Gasteiger partial charge in [0, 0.05) is 17.5 Å². The SMILES string of the molecule is CC.CC(N)c1cccc(C(F)(F)F)c1OCCC(C)c1nc2cnc(Cl)cc2c(=O)[nH]1. The van der Waals surface area contributed by atoms with Crippen molar-refractivity contribution in [1.29, 1.82) is 0 Å². The predicted octanol–water partition coefficient (Wildman–Crippen LogP) is 5.61. The summed E-state index contributed by atoms with van der Waals surface area (Å²) >= 11 is 5.80. The molecule has 174 valence electrons. The van der Waals surface area contributed by atoms with Gasteiger partial charge < -0.3 is 15.5 Å². The van der Waals surface area contributed by atoms with Crippen molar-refractivity contribution in [2.45, 2.75) is 52.3 Å². The zero-order chi connectivity index (χ0) is 24.1. The molecule has 32 heavy (non-hydrogen) atoms. The highest BCUT2D eigenvalue weighted by Crippen LogP contribution is 2.40. The van der Waals surface area contributed by atoms with Crippen molar-refractivity contribution in [3.05, 3.63) is 62.9 Å². The van der Waals surface area contributed by atoms with E-state index in [1.54, 1.807) is 13.8 Å². The Kier molecular flexibility index (Phi) is 8.63. The monoisotopic (exact) mass is 470 g/mol. The van der Waals surface area contributed by atoms with E-state index >= 15 is 0 Å². The molecule has 10 heteroatoms. The van der Waals surface area contributed by atoms with Gasteiger partial charge in [0.1, 0.15) is 16.7 Å². The van der Waals surface area contributed by atoms with Crippen LogP contribution in [0.3, 0.4) is 0 Å². The van der Waals surface area contributed by atoms with Crippen molar-refractivity contribution in [2.75, 3.05) is 6.61 Å². The number of pyridine rings is 1. The molecule has 0 bridgehead atoms. The normalized spacial score (nSPS) is 13.3. The Hall–Kier alpha value is -2.65. The van der Waals surface area contributed by atoms with Crippen LogP contribution in [0.15, 0.2) is 35.3 Å². The van der Waals surface area contributed by atoms with E-state index in [1.165, 1.54) is 24.4 Å². The van der Waals surface area contributed by atoms with Gasteiger partial charge in [0.25, 0.3) is 5.56 Å². The fourth-order valence-corrected chi connectivity index (χ4v) is 3.20. The van der Waals surface area contributed by atoms with E-state index in [9.17, 15) is 18.0 Å². The van der Waals surface area contributed by atoms with E-state index in [4.69, 9.17) is 22.1 Å². The molecular weight excluding hydrogens is 445 g/mol. The highest BCUT2D eigenvalue weighted by atomic mass is 35.5. The zero-order valence-electron chi connectivity index (χ0n) is 18.3. The van der Waals surface area contributed by atoms with Crippen LogP contribution in [0.25, 0.3) is 10.9 Å². The van der Waals surface area contributed by atoms with Crippen molar-refractivity contribution >= 4 is 22.5 Å². The van der Waals surface area contributed by atoms with Crippen LogP contribution in [0.1, 0.15) is 63.0 Å². The lowest BCUT2D eigenvalue weighted by Crippen LogP contribution is -2.17. The number of aromatic amines is 1. The number of nitrogens with zero attached hydrogens (tertiary/aromatic N) is 2. The fraction of sp³-hybridized carbons (Fsp3) is 0.409. The molecule has 1 aromatic carbocycles. The lowest BCUT2D eigenvalue weighted by molar-refractivity contribution is -0.139. The average molecular weight is 471 g/mol. The molecule has 0 fully saturated rings. The molecule has 3 aromatic rings. The Bertz CT molecular complexity index is 1120. The second-order valence-corrected chi connectivity index (χ2v) is 7.41. The molecule has 0 aliphatic rings. The topological polar surface area (TPSA) is 93.9 Å². The summed E-state index contributed by atoms with van der Waals surface area (Å²) in [4.78, 5) is 23.2. The maximum Gasteiger partial charge on any atom is 0.419 e. The molecule has 3 N–H and O–H groups in total. The number of rotatable bonds is 6. The molecule has 3 rings (SSSR count). The van der Waals surface area contributed by atoms with Gasteiger partial charge in [-0.25, -0.2) is 9.97 Å². The Morgan fingerprint density at radius 2 is 1.94 bits per heavy atom. The van der Waals surface area contributed by atoms with E-state index < -0.39 is 17.8 Å². The summed E-state index contributed by atoms with van der Waals surface area (Å²) in [5, 5.41) is 0.486. The number of ether oxygens (including phenoxy) is 1. The Morgan fingerprint density at radius 3 is 2.56 bits per heavy atom. The summed E-state index contributed by atoms with van der Waals surface area (Å²) in [7, 11) is 0. The smallest absolute Gasteiger partial charge is 0.419 e. The minimum absolute atomic E-state index is 0.0193. The second-order valence-electron chi connectivity index (χ2n) is 7.02. The molecule has 2 aromatic heterocycles. The van der Waals surface area contributed by atoms with Gasteiger partial charge in [0.15, 0.2) is 0 Å². The Morgan fingerprint density at radius 1 is 1.25 bits per heavy atom. The van der Waals surface area contributed by atoms with Crippen LogP contribution >= 0.6 is 11.6 Å². The summed E-state index contributed by atoms with van der Waals surface area (Å²) in [5.41, 5.74) is 5.24. The van der Waals surface area contributed by atoms with Gasteiger partial charge in [0.05, 0.1) is 29.3 Å². The Balaban J connectivity index is 0.00000176. The molecule has 0 saturated heterocycles. The summed E-state index contributed by atoms with van der Waals surface area (Å²) in [6.07, 6.45) is -2.85. The van der Waals surface area contributed by atoms with Crippen LogP contribution in [0.4, 0.5) is 13.2 Å². The molecule has 0 amide bonds. The van der Waals surface area contributed by atoms with Crippen LogP contribution < -0.4 is 16.0 Å². The van der Waals surface area contributed by atoms with E-state index in [1.807, 2.05) is 13.8 Å². The van der Waals surface area contributed by atoms with Crippen molar-refractivity contribution in [3.8, 4) is 5.75 Å². The summed E-state index contributed by atoms with van der Waals surface area (Å²) in [6.45, 7) is 7.36. The van der Waals surface area contributed by atoms with E-state index in [-0.39, 0.29) is 34.6 Å². The molecule has 2 unspecified atom stereocenters. The molecule has 0 radical (unpaired) electrons. The first kappa shape index (κ1) is 25.6. The second kappa shape index (κ2) is 10.8. The number of halogens is 4. The third-order valence-electron chi connectivity index (χ3n) is 4.68. The Labute approximate surface area is 189 Å². The lowest BCUT2D eigenvalue weighted by atomic mass is 10.0. The van der Waals surface area contributed by atoms with Crippen LogP contribution in [0, 0.1) is 0 Å². The average Bonchev–Trinajstić information content (AvgIpc) is 2.74. The highest BCUT2D eigenvalue weighted by molar-refractivity contribution is 6.30. The minimum Gasteiger partial charge on any atom is -0.493 e. The number of H-pyrrole nitrogens is 1. The van der Waals surface area contributed by atoms with Crippen LogP contribution in [-0.4, -0.2) is 21.6 Å². The van der Waals surface area contributed by atoms with Gasteiger partial charge in [-0.2, -0.15) is 13.2 Å². The molecular formula is C22H26ClF3N4O2. The van der Waals surface area contributed by atoms with E-state index in [0.717, 1.165) is 6.07 Å². The summed E-state index contributed by atoms with van der Waals surface area (Å²) in [6, 6.07) is 4.58. The molecule has 2 atom stereocenters. The molecule has 0 saturated carbocycles. The number of benzene rings is 1. The first-order valence-electron chi connectivity index (χ1n) is 10.2. The van der Waals surface area contributed by atoms with Crippen molar-refractivity contribution in [3.63, 3.8) is 0 Å². The van der Waals surface area contributed by atoms with Crippen molar-refractivity contribution in [2.24, 2.45) is 5.73 Å². The first-order chi connectivity index (χ1) is 15.1. The van der Waals surface area contributed by atoms with Crippen LogP contribution in [0.2, 0.25) is 5.15 Å². The predicted molar refractivity (Wildman–Crippen MR) is 119 cm³/mol. The molecule has 0 aliphatic heterocycles. The van der Waals surface area contributed by atoms with Gasteiger partial charge in [-0.1, -0.05) is 44.5 Å². The number of alkyl halides is 3. The van der Waals surface area contributed by atoms with Crippen molar-refractivity contribution in [1.82, 2.24) is 15.0 Å². The van der Waals surface area contributed by atoms with E-state index in [0.29, 0.717) is 23.1 Å². The lowest BCUT2D eigenvalue weighted by Gasteiger charge is -2.20. The molecule has 0 aliphatic carbocycles. The van der Waals surface area contributed by atoms with E-state index in [2.05, 4.69) is 15.0 Å². The van der Waals surface area contributed by atoms with Crippen molar-refractivity contribution < 1.29 is 17.9 Å². The first-order valence-corrected chi connectivity index (χ1v) is 10.6. The van der Waals surface area contributed by atoms with Gasteiger partial charge in [0.2, 0.25) is 0 Å². The summed E-state index contributed by atoms with van der Waals surface area (Å²) < 4.78 is 45.7. The molecule has 2 heterocycles. The number of nitrogens with two attached hydrogens (primary N) is 1. The quantitative estimate of drug-likeness (QED) is 0.457. The third kappa shape index (κ3) is 5.98. The maximum atomic E-state index is 13.4. The van der Waals surface area contributed by atoms with Gasteiger partial charge in [-0.3, -0.25) is 4.79 Å². The third-order valence-corrected chi connectivity index (χ3v) is 4.89. The molecule has 6 nitrogen and oxygen atoms in total. The maximum absolute atomic E-state index is 13.4. The molecule has 0 spiro atoms. The summed E-state index contributed by atoms with van der Waals surface area (Å²) in [5.74, 6) is -0.169. The minimum atomic E-state index is -4.56.